The fourth-order valence-electron chi connectivity index (χ4n) is 1.87. The number of carbonyl (C=O) groups is 2. The van der Waals surface area contributed by atoms with E-state index in [9.17, 15) is 14.7 Å². The topological polar surface area (TPSA) is 128 Å². The van der Waals surface area contributed by atoms with Crippen LogP contribution in [0.2, 0.25) is 0 Å². The lowest BCUT2D eigenvalue weighted by atomic mass is 9.90. The van der Waals surface area contributed by atoms with Crippen LogP contribution in [0.4, 0.5) is 0 Å². The molecule has 0 saturated heterocycles. The molecule has 0 bridgehead atoms. The average Bonchev–Trinajstić information content (AvgIpc) is 2.52. The van der Waals surface area contributed by atoms with Gasteiger partial charge in [-0.2, -0.15) is 5.48 Å². The third-order valence-electron chi connectivity index (χ3n) is 2.94. The summed E-state index contributed by atoms with van der Waals surface area (Å²) in [4.78, 5) is 28.6. The van der Waals surface area contributed by atoms with Gasteiger partial charge in [-0.05, 0) is 5.56 Å². The maximum atomic E-state index is 12.2. The number of hydrogen-bond acceptors (Lipinski definition) is 7. The van der Waals surface area contributed by atoms with Gasteiger partial charge in [-0.1, -0.05) is 30.3 Å². The molecule has 0 spiro atoms. The molecular weight excluding hydrogens is 292 g/mol. The number of nitrogens with one attached hydrogen (secondary N) is 2. The molecule has 0 aliphatic carbocycles. The van der Waals surface area contributed by atoms with Crippen LogP contribution in [0, 0.1) is 0 Å². The minimum Gasteiger partial charge on any atom is -0.479 e. The predicted octanol–water partition coefficient (Wildman–Crippen LogP) is -1.33. The van der Waals surface area contributed by atoms with Crippen LogP contribution in [-0.4, -0.2) is 59.1 Å². The Bertz CT molecular complexity index is 481. The average molecular weight is 312 g/mol. The van der Waals surface area contributed by atoms with Crippen LogP contribution in [-0.2, 0) is 20.8 Å². The Kier molecular flexibility index (Phi) is 7.47. The van der Waals surface area contributed by atoms with Crippen molar-refractivity contribution in [1.82, 2.24) is 10.8 Å². The highest BCUT2D eigenvalue weighted by Gasteiger charge is 2.48. The Morgan fingerprint density at radius 3 is 2.27 bits per heavy atom. The lowest BCUT2D eigenvalue weighted by Gasteiger charge is -2.28. The lowest BCUT2D eigenvalue weighted by molar-refractivity contribution is -0.168. The maximum Gasteiger partial charge on any atom is 0.357 e. The highest BCUT2D eigenvalue weighted by molar-refractivity contribution is 6.04. The van der Waals surface area contributed by atoms with Crippen LogP contribution >= 0.6 is 0 Å². The molecule has 0 radical (unpaired) electrons. The fourth-order valence-corrected chi connectivity index (χ4v) is 1.87. The third kappa shape index (κ3) is 4.78. The molecule has 5 N–H and O–H groups in total. The molecule has 0 amide bonds. The SMILES string of the molecule is O=C(O)C(Cc1ccccc1)(NCCO)C(=O)ONCCO. The normalized spacial score (nSPS) is 13.4. The maximum absolute atomic E-state index is 12.2. The zero-order valence-electron chi connectivity index (χ0n) is 12.0. The van der Waals surface area contributed by atoms with Crippen molar-refractivity contribution in [3.05, 3.63) is 35.9 Å². The van der Waals surface area contributed by atoms with Crippen LogP contribution in [0.5, 0.6) is 0 Å². The van der Waals surface area contributed by atoms with Crippen LogP contribution in [0.15, 0.2) is 30.3 Å². The largest absolute Gasteiger partial charge is 0.479 e. The Morgan fingerprint density at radius 1 is 1.09 bits per heavy atom. The molecule has 1 unspecified atom stereocenters. The molecule has 0 aliphatic rings. The van der Waals surface area contributed by atoms with Gasteiger partial charge >= 0.3 is 11.9 Å². The van der Waals surface area contributed by atoms with E-state index in [-0.39, 0.29) is 32.7 Å². The number of carboxylic acid groups (broad SMARTS) is 1. The minimum absolute atomic E-state index is 0.0211. The first kappa shape index (κ1) is 18.1. The summed E-state index contributed by atoms with van der Waals surface area (Å²) in [6.45, 7) is -0.710. The van der Waals surface area contributed by atoms with Crippen molar-refractivity contribution in [3.63, 3.8) is 0 Å². The Hall–Kier alpha value is -2.00. The first-order chi connectivity index (χ1) is 10.6. The van der Waals surface area contributed by atoms with Crippen molar-refractivity contribution in [1.29, 1.82) is 0 Å². The number of carbonyl (C=O) groups excluding carboxylic acids is 1. The van der Waals surface area contributed by atoms with Crippen molar-refractivity contribution in [2.75, 3.05) is 26.3 Å². The number of aliphatic hydroxyl groups is 2. The van der Waals surface area contributed by atoms with Gasteiger partial charge < -0.3 is 20.2 Å². The second-order valence-corrected chi connectivity index (χ2v) is 4.53. The zero-order chi connectivity index (χ0) is 16.4. The molecule has 1 aromatic rings. The monoisotopic (exact) mass is 312 g/mol. The summed E-state index contributed by atoms with van der Waals surface area (Å²) >= 11 is 0. The number of rotatable bonds is 10. The highest BCUT2D eigenvalue weighted by Crippen LogP contribution is 2.16. The fraction of sp³-hybridized carbons (Fsp3) is 0.429. The minimum atomic E-state index is -2.04. The molecule has 0 aromatic heterocycles. The summed E-state index contributed by atoms with van der Waals surface area (Å²) in [5.41, 5.74) is 0.776. The van der Waals surface area contributed by atoms with E-state index < -0.39 is 17.5 Å². The first-order valence-electron chi connectivity index (χ1n) is 6.75. The summed E-state index contributed by atoms with van der Waals surface area (Å²) < 4.78 is 0. The Morgan fingerprint density at radius 2 is 1.73 bits per heavy atom. The van der Waals surface area contributed by atoms with Gasteiger partial charge in [0.2, 0.25) is 5.54 Å². The Labute approximate surface area is 127 Å². The number of aliphatic hydroxyl groups excluding tert-OH is 2. The van der Waals surface area contributed by atoms with Crippen molar-refractivity contribution in [2.45, 2.75) is 12.0 Å². The van der Waals surface area contributed by atoms with E-state index >= 15 is 0 Å². The van der Waals surface area contributed by atoms with Crippen LogP contribution in [0.1, 0.15) is 5.56 Å². The van der Waals surface area contributed by atoms with E-state index in [1.54, 1.807) is 30.3 Å². The quantitative estimate of drug-likeness (QED) is 0.204. The van der Waals surface area contributed by atoms with Gasteiger partial charge in [0.05, 0.1) is 19.8 Å². The highest BCUT2D eigenvalue weighted by atomic mass is 16.7. The number of β-amino-alcohol motifs (C(OH)–C–C–N with tert-alkyl or cyclic N) is 1. The van der Waals surface area contributed by atoms with Gasteiger partial charge in [0, 0.05) is 13.0 Å². The molecule has 8 nitrogen and oxygen atoms in total. The number of hydrogen-bond donors (Lipinski definition) is 5. The Balaban J connectivity index is 2.99. The van der Waals surface area contributed by atoms with E-state index in [0.29, 0.717) is 5.56 Å². The second-order valence-electron chi connectivity index (χ2n) is 4.53. The molecule has 1 aromatic carbocycles. The molecule has 0 heterocycles. The van der Waals surface area contributed by atoms with Gasteiger partial charge in [0.15, 0.2) is 0 Å². The molecule has 0 aliphatic heterocycles. The molecule has 122 valence electrons. The molecule has 8 heteroatoms. The van der Waals surface area contributed by atoms with Crippen molar-refractivity contribution >= 4 is 11.9 Å². The van der Waals surface area contributed by atoms with Crippen molar-refractivity contribution < 1.29 is 29.7 Å². The smallest absolute Gasteiger partial charge is 0.357 e. The molecule has 1 rings (SSSR count). The van der Waals surface area contributed by atoms with E-state index in [1.807, 2.05) is 0 Å². The molecule has 22 heavy (non-hydrogen) atoms. The van der Waals surface area contributed by atoms with Crippen LogP contribution < -0.4 is 10.8 Å². The van der Waals surface area contributed by atoms with Crippen LogP contribution in [0.25, 0.3) is 0 Å². The van der Waals surface area contributed by atoms with Gasteiger partial charge in [-0.25, -0.2) is 9.59 Å². The van der Waals surface area contributed by atoms with E-state index in [2.05, 4.69) is 10.8 Å². The first-order valence-corrected chi connectivity index (χ1v) is 6.75. The molecule has 0 fully saturated rings. The number of carboxylic acids is 1. The zero-order valence-corrected chi connectivity index (χ0v) is 12.0. The third-order valence-corrected chi connectivity index (χ3v) is 2.94. The summed E-state index contributed by atoms with van der Waals surface area (Å²) in [7, 11) is 0. The molecule has 1 atom stereocenters. The van der Waals surface area contributed by atoms with Crippen LogP contribution in [0.3, 0.4) is 0 Å². The summed E-state index contributed by atoms with van der Waals surface area (Å²) in [5, 5.41) is 29.6. The molecular formula is C14H20N2O6. The van der Waals surface area contributed by atoms with E-state index in [0.717, 1.165) is 0 Å². The number of aliphatic carboxylic acids is 1. The summed E-state index contributed by atoms with van der Waals surface area (Å²) in [5.74, 6) is -2.47. The summed E-state index contributed by atoms with van der Waals surface area (Å²) in [6, 6.07) is 8.60. The predicted molar refractivity (Wildman–Crippen MR) is 76.8 cm³/mol. The molecule has 0 saturated carbocycles. The van der Waals surface area contributed by atoms with E-state index in [1.165, 1.54) is 0 Å². The van der Waals surface area contributed by atoms with Crippen molar-refractivity contribution in [3.8, 4) is 0 Å². The van der Waals surface area contributed by atoms with E-state index in [4.69, 9.17) is 15.1 Å². The van der Waals surface area contributed by atoms with Gasteiger partial charge in [-0.3, -0.25) is 5.32 Å². The second kappa shape index (κ2) is 9.11. The number of hydroxylamine groups is 1. The van der Waals surface area contributed by atoms with Gasteiger partial charge in [-0.15, -0.1) is 0 Å². The van der Waals surface area contributed by atoms with Crippen molar-refractivity contribution in [2.24, 2.45) is 0 Å². The van der Waals surface area contributed by atoms with Gasteiger partial charge in [0.1, 0.15) is 0 Å². The lowest BCUT2D eigenvalue weighted by Crippen LogP contribution is -2.62. The standard InChI is InChI=1S/C14H20N2O6/c17-8-6-15-14(12(19)20,13(21)22-16-7-9-18)10-11-4-2-1-3-5-11/h1-5,15-18H,6-10H2,(H,19,20). The van der Waals surface area contributed by atoms with Gasteiger partial charge in [0.25, 0.3) is 0 Å². The summed E-state index contributed by atoms with van der Waals surface area (Å²) in [6.07, 6.45) is -0.150. The number of benzene rings is 1.